The second-order valence-corrected chi connectivity index (χ2v) is 6.09. The van der Waals surface area contributed by atoms with E-state index in [4.69, 9.17) is 9.15 Å². The number of fused-ring (bicyclic) bond motifs is 1. The maximum absolute atomic E-state index is 5.93. The lowest BCUT2D eigenvalue weighted by Crippen LogP contribution is -2.19. The molecule has 118 valence electrons. The second-order valence-electron chi connectivity index (χ2n) is 6.09. The molecule has 4 nitrogen and oxygen atoms in total. The molecule has 0 bridgehead atoms. The third-order valence-corrected chi connectivity index (χ3v) is 4.50. The van der Waals surface area contributed by atoms with Crippen LogP contribution in [0.2, 0.25) is 0 Å². The number of nitrogens with zero attached hydrogens (tertiary/aromatic N) is 2. The molecule has 1 aliphatic heterocycles. The standard InChI is InChI=1S/C19H20N2O2/c1-22-16-8-6-14(7-9-16)12-21-11-10-15(13-21)19-20-17-4-2-3-5-18(17)23-19/h2-9,15H,10-13H2,1H3/t15-/m0/s1. The summed E-state index contributed by atoms with van der Waals surface area (Å²) in [6.45, 7) is 3.04. The normalized spacial score (nSPS) is 18.6. The number of ether oxygens (including phenoxy) is 1. The van der Waals surface area contributed by atoms with Gasteiger partial charge < -0.3 is 9.15 Å². The first-order valence-corrected chi connectivity index (χ1v) is 8.02. The zero-order valence-corrected chi connectivity index (χ0v) is 13.2. The molecule has 0 amide bonds. The van der Waals surface area contributed by atoms with Gasteiger partial charge in [-0.2, -0.15) is 0 Å². The van der Waals surface area contributed by atoms with E-state index < -0.39 is 0 Å². The molecule has 1 aromatic heterocycles. The lowest BCUT2D eigenvalue weighted by atomic mass is 10.1. The van der Waals surface area contributed by atoms with E-state index >= 15 is 0 Å². The van der Waals surface area contributed by atoms with E-state index in [0.29, 0.717) is 5.92 Å². The maximum Gasteiger partial charge on any atom is 0.199 e. The fourth-order valence-electron chi connectivity index (χ4n) is 3.23. The van der Waals surface area contributed by atoms with Crippen molar-refractivity contribution in [3.8, 4) is 5.75 Å². The molecule has 1 atom stereocenters. The Morgan fingerprint density at radius 3 is 2.78 bits per heavy atom. The van der Waals surface area contributed by atoms with Crippen molar-refractivity contribution >= 4 is 11.1 Å². The van der Waals surface area contributed by atoms with E-state index in [1.807, 2.05) is 36.4 Å². The molecule has 4 heteroatoms. The summed E-state index contributed by atoms with van der Waals surface area (Å²) in [6.07, 6.45) is 1.10. The van der Waals surface area contributed by atoms with Gasteiger partial charge in [-0.05, 0) is 42.8 Å². The van der Waals surface area contributed by atoms with E-state index in [1.54, 1.807) is 7.11 Å². The molecule has 3 aromatic rings. The minimum Gasteiger partial charge on any atom is -0.497 e. The molecule has 0 saturated carbocycles. The Balaban J connectivity index is 1.43. The van der Waals surface area contributed by atoms with E-state index in [-0.39, 0.29) is 0 Å². The quantitative estimate of drug-likeness (QED) is 0.734. The van der Waals surface area contributed by atoms with Crippen LogP contribution in [-0.4, -0.2) is 30.1 Å². The molecular weight excluding hydrogens is 288 g/mol. The van der Waals surface area contributed by atoms with Gasteiger partial charge in [-0.15, -0.1) is 0 Å². The summed E-state index contributed by atoms with van der Waals surface area (Å²) in [7, 11) is 1.69. The first kappa shape index (κ1) is 14.3. The van der Waals surface area contributed by atoms with Crippen molar-refractivity contribution in [2.75, 3.05) is 20.2 Å². The highest BCUT2D eigenvalue weighted by Crippen LogP contribution is 2.30. The summed E-state index contributed by atoms with van der Waals surface area (Å²) >= 11 is 0. The molecule has 2 heterocycles. The summed E-state index contributed by atoms with van der Waals surface area (Å²) < 4.78 is 11.1. The van der Waals surface area contributed by atoms with Crippen molar-refractivity contribution in [1.29, 1.82) is 0 Å². The van der Waals surface area contributed by atoms with Crippen LogP contribution in [-0.2, 0) is 6.54 Å². The smallest absolute Gasteiger partial charge is 0.199 e. The van der Waals surface area contributed by atoms with Gasteiger partial charge in [-0.3, -0.25) is 4.90 Å². The summed E-state index contributed by atoms with van der Waals surface area (Å²) in [5, 5.41) is 0. The van der Waals surface area contributed by atoms with Crippen molar-refractivity contribution < 1.29 is 9.15 Å². The largest absolute Gasteiger partial charge is 0.497 e. The van der Waals surface area contributed by atoms with Crippen molar-refractivity contribution in [2.24, 2.45) is 0 Å². The minimum atomic E-state index is 0.389. The first-order valence-electron chi connectivity index (χ1n) is 8.02. The van der Waals surface area contributed by atoms with Gasteiger partial charge in [0.15, 0.2) is 11.5 Å². The fourth-order valence-corrected chi connectivity index (χ4v) is 3.23. The predicted molar refractivity (Wildman–Crippen MR) is 89.6 cm³/mol. The van der Waals surface area contributed by atoms with E-state index in [2.05, 4.69) is 22.0 Å². The molecule has 0 N–H and O–H groups in total. The lowest BCUT2D eigenvalue weighted by Gasteiger charge is -2.15. The van der Waals surface area contributed by atoms with Gasteiger partial charge in [0.05, 0.1) is 7.11 Å². The average molecular weight is 308 g/mol. The monoisotopic (exact) mass is 308 g/mol. The van der Waals surface area contributed by atoms with Crippen LogP contribution in [0, 0.1) is 0 Å². The highest BCUT2D eigenvalue weighted by atomic mass is 16.5. The van der Waals surface area contributed by atoms with Gasteiger partial charge >= 0.3 is 0 Å². The summed E-state index contributed by atoms with van der Waals surface area (Å²) in [6, 6.07) is 16.3. The second kappa shape index (κ2) is 6.05. The number of hydrogen-bond acceptors (Lipinski definition) is 4. The van der Waals surface area contributed by atoms with E-state index in [0.717, 1.165) is 48.8 Å². The minimum absolute atomic E-state index is 0.389. The molecule has 23 heavy (non-hydrogen) atoms. The zero-order chi connectivity index (χ0) is 15.6. The van der Waals surface area contributed by atoms with Crippen molar-refractivity contribution in [3.05, 3.63) is 60.0 Å². The third kappa shape index (κ3) is 2.94. The van der Waals surface area contributed by atoms with Crippen molar-refractivity contribution in [2.45, 2.75) is 18.9 Å². The Morgan fingerprint density at radius 1 is 1.17 bits per heavy atom. The number of benzene rings is 2. The van der Waals surface area contributed by atoms with E-state index in [1.165, 1.54) is 5.56 Å². The molecule has 0 aliphatic carbocycles. The topological polar surface area (TPSA) is 38.5 Å². The number of para-hydroxylation sites is 2. The molecule has 4 rings (SSSR count). The van der Waals surface area contributed by atoms with Crippen LogP contribution in [0.3, 0.4) is 0 Å². The van der Waals surface area contributed by atoms with Crippen LogP contribution < -0.4 is 4.74 Å². The maximum atomic E-state index is 5.93. The van der Waals surface area contributed by atoms with Gasteiger partial charge in [-0.1, -0.05) is 24.3 Å². The highest BCUT2D eigenvalue weighted by molar-refractivity contribution is 5.72. The van der Waals surface area contributed by atoms with Crippen molar-refractivity contribution in [1.82, 2.24) is 9.88 Å². The van der Waals surface area contributed by atoms with Gasteiger partial charge in [0.25, 0.3) is 0 Å². The summed E-state index contributed by atoms with van der Waals surface area (Å²) in [5.74, 6) is 2.17. The lowest BCUT2D eigenvalue weighted by molar-refractivity contribution is 0.320. The predicted octanol–water partition coefficient (Wildman–Crippen LogP) is 3.83. The van der Waals surface area contributed by atoms with Crippen LogP contribution in [0.1, 0.15) is 23.8 Å². The first-order chi connectivity index (χ1) is 11.3. The molecular formula is C19H20N2O2. The Kier molecular flexibility index (Phi) is 3.75. The van der Waals surface area contributed by atoms with Crippen LogP contribution in [0.25, 0.3) is 11.1 Å². The molecule has 0 spiro atoms. The molecule has 2 aromatic carbocycles. The van der Waals surface area contributed by atoms with Gasteiger partial charge in [0.2, 0.25) is 0 Å². The number of rotatable bonds is 4. The molecule has 1 fully saturated rings. The SMILES string of the molecule is COc1ccc(CN2CC[C@H](c3nc4ccccc4o3)C2)cc1. The average Bonchev–Trinajstić information content (AvgIpc) is 3.21. The fraction of sp³-hybridized carbons (Fsp3) is 0.316. The number of methoxy groups -OCH3 is 1. The Morgan fingerprint density at radius 2 is 2.00 bits per heavy atom. The molecule has 1 aliphatic rings. The van der Waals surface area contributed by atoms with Crippen LogP contribution in [0.5, 0.6) is 5.75 Å². The number of hydrogen-bond donors (Lipinski definition) is 0. The summed E-state index contributed by atoms with van der Waals surface area (Å²) in [5.41, 5.74) is 3.15. The highest BCUT2D eigenvalue weighted by Gasteiger charge is 2.27. The van der Waals surface area contributed by atoms with Gasteiger partial charge in [0, 0.05) is 19.0 Å². The van der Waals surface area contributed by atoms with Crippen LogP contribution >= 0.6 is 0 Å². The number of likely N-dealkylation sites (tertiary alicyclic amines) is 1. The number of aromatic nitrogens is 1. The zero-order valence-electron chi connectivity index (χ0n) is 13.2. The van der Waals surface area contributed by atoms with Crippen LogP contribution in [0.4, 0.5) is 0 Å². The third-order valence-electron chi connectivity index (χ3n) is 4.50. The van der Waals surface area contributed by atoms with Crippen LogP contribution in [0.15, 0.2) is 52.9 Å². The van der Waals surface area contributed by atoms with Gasteiger partial charge in [0.1, 0.15) is 11.3 Å². The van der Waals surface area contributed by atoms with Gasteiger partial charge in [-0.25, -0.2) is 4.98 Å². The molecule has 1 saturated heterocycles. The van der Waals surface area contributed by atoms with E-state index in [9.17, 15) is 0 Å². The summed E-state index contributed by atoms with van der Waals surface area (Å²) in [4.78, 5) is 7.11. The Bertz CT molecular complexity index is 761. The van der Waals surface area contributed by atoms with Crippen molar-refractivity contribution in [3.63, 3.8) is 0 Å². The number of oxazole rings is 1. The Labute approximate surface area is 135 Å². The molecule has 0 radical (unpaired) electrons. The molecule has 0 unspecified atom stereocenters. The Hall–Kier alpha value is -2.33.